The van der Waals surface area contributed by atoms with Gasteiger partial charge >= 0.3 is 29.6 Å². The Bertz CT molecular complexity index is 531. The van der Waals surface area contributed by atoms with Crippen LogP contribution in [0.25, 0.3) is 0 Å². The van der Waals surface area contributed by atoms with Crippen LogP contribution < -0.4 is 34.7 Å². The number of thioether (sulfide) groups is 1. The zero-order chi connectivity index (χ0) is 12.0. The minimum Gasteiger partial charge on any atom is -0.543 e. The van der Waals surface area contributed by atoms with E-state index >= 15 is 0 Å². The van der Waals surface area contributed by atoms with Crippen LogP contribution >= 0.6 is 11.8 Å². The molecule has 0 N–H and O–H groups in total. The molecule has 3 rings (SSSR count). The van der Waals surface area contributed by atoms with Crippen LogP contribution in [-0.2, 0) is 16.1 Å². The van der Waals surface area contributed by atoms with Gasteiger partial charge in [0.05, 0.1) is 30.0 Å². The first-order valence-electron chi connectivity index (χ1n) is 4.81. The van der Waals surface area contributed by atoms with E-state index in [0.717, 1.165) is 0 Å². The topological polar surface area (TPSA) is 104 Å². The van der Waals surface area contributed by atoms with Gasteiger partial charge < -0.3 is 9.90 Å². The quantitative estimate of drug-likeness (QED) is 0.401. The number of β-lactam (4-membered cyclic amide) rings is 1. The van der Waals surface area contributed by atoms with Gasteiger partial charge in [0, 0.05) is 4.91 Å². The minimum atomic E-state index is -1.34. The Kier molecular flexibility index (Phi) is 3.76. The Morgan fingerprint density at radius 1 is 1.61 bits per heavy atom. The molecule has 0 aromatic carbocycles. The Labute approximate surface area is 128 Å². The molecule has 0 bridgehead atoms. The molecule has 0 unspecified atom stereocenters. The molecule has 1 aromatic rings. The summed E-state index contributed by atoms with van der Waals surface area (Å²) in [5, 5.41) is 21.5. The van der Waals surface area contributed by atoms with Gasteiger partial charge in [-0.2, -0.15) is 0 Å². The standard InChI is InChI=1S/C8H7N5O3S.Na/c14-5-1-6-13(5)7(8(15)16)4(17-6)2-12-3-9-10-11-12;/h3,6H,1-2H2,(H,15,16);/q;+1/p-1/t6-;/m1./s1. The summed E-state index contributed by atoms with van der Waals surface area (Å²) < 4.78 is 1.40. The van der Waals surface area contributed by atoms with Gasteiger partial charge in [0.1, 0.15) is 6.33 Å². The number of hydrogen-bond donors (Lipinski definition) is 0. The molecule has 1 saturated heterocycles. The summed E-state index contributed by atoms with van der Waals surface area (Å²) >= 11 is 1.35. The Morgan fingerprint density at radius 2 is 2.39 bits per heavy atom. The fraction of sp³-hybridized carbons (Fsp3) is 0.375. The molecule has 1 amide bonds. The summed E-state index contributed by atoms with van der Waals surface area (Å²) in [6.07, 6.45) is 1.75. The normalized spacial score (nSPS) is 21.4. The van der Waals surface area contributed by atoms with Gasteiger partial charge in [0.25, 0.3) is 0 Å². The van der Waals surface area contributed by atoms with Crippen molar-refractivity contribution in [2.75, 3.05) is 0 Å². The van der Waals surface area contributed by atoms with Crippen molar-refractivity contribution in [2.45, 2.75) is 18.3 Å². The van der Waals surface area contributed by atoms with Crippen molar-refractivity contribution in [1.82, 2.24) is 25.1 Å². The summed E-state index contributed by atoms with van der Waals surface area (Å²) in [7, 11) is 0. The number of aromatic nitrogens is 4. The Balaban J connectivity index is 0.00000120. The third-order valence-electron chi connectivity index (χ3n) is 2.58. The first-order valence-corrected chi connectivity index (χ1v) is 5.69. The number of hydrogen-bond acceptors (Lipinski definition) is 7. The van der Waals surface area contributed by atoms with Crippen LogP contribution in [-0.4, -0.2) is 42.4 Å². The molecule has 0 aliphatic carbocycles. The van der Waals surface area contributed by atoms with Gasteiger partial charge in [-0.25, -0.2) is 4.68 Å². The number of nitrogens with zero attached hydrogens (tertiary/aromatic N) is 5. The first kappa shape index (κ1) is 13.5. The van der Waals surface area contributed by atoms with E-state index in [-0.39, 0.29) is 53.1 Å². The molecular weight excluding hydrogens is 269 g/mol. The van der Waals surface area contributed by atoms with Gasteiger partial charge in [-0.1, -0.05) is 0 Å². The summed E-state index contributed by atoms with van der Waals surface area (Å²) in [4.78, 5) is 24.2. The summed E-state index contributed by atoms with van der Waals surface area (Å²) in [6, 6.07) is 0. The molecule has 10 heteroatoms. The zero-order valence-corrected chi connectivity index (χ0v) is 12.3. The monoisotopic (exact) mass is 275 g/mol. The van der Waals surface area contributed by atoms with Gasteiger partial charge in [-0.3, -0.25) is 9.69 Å². The number of amides is 1. The molecule has 1 aromatic heterocycles. The van der Waals surface area contributed by atoms with Gasteiger partial charge in [-0.05, 0) is 10.4 Å². The number of rotatable bonds is 3. The molecule has 2 aliphatic heterocycles. The number of aliphatic carboxylic acids is 1. The van der Waals surface area contributed by atoms with Crippen molar-refractivity contribution >= 4 is 23.6 Å². The maximum Gasteiger partial charge on any atom is 1.00 e. The molecule has 3 heterocycles. The number of carboxylic acids is 1. The van der Waals surface area contributed by atoms with Crippen LogP contribution in [0.3, 0.4) is 0 Å². The summed E-state index contributed by atoms with van der Waals surface area (Å²) in [5.41, 5.74) is -0.0493. The van der Waals surface area contributed by atoms with Crippen molar-refractivity contribution in [1.29, 1.82) is 0 Å². The molecule has 0 radical (unpaired) electrons. The fourth-order valence-corrected chi connectivity index (χ4v) is 3.21. The van der Waals surface area contributed by atoms with Crippen molar-refractivity contribution in [2.24, 2.45) is 0 Å². The van der Waals surface area contributed by atoms with E-state index in [9.17, 15) is 14.7 Å². The third-order valence-corrected chi connectivity index (χ3v) is 3.84. The first-order chi connectivity index (χ1) is 8.16. The predicted octanol–water partition coefficient (Wildman–Crippen LogP) is -5.06. The number of carbonyl (C=O) groups is 2. The molecule has 2 aliphatic rings. The maximum absolute atomic E-state index is 11.3. The molecule has 0 spiro atoms. The van der Waals surface area contributed by atoms with E-state index in [4.69, 9.17) is 0 Å². The number of carboxylic acid groups (broad SMARTS) is 1. The van der Waals surface area contributed by atoms with E-state index in [1.54, 1.807) is 0 Å². The Morgan fingerprint density at radius 3 is 2.94 bits per heavy atom. The molecule has 88 valence electrons. The van der Waals surface area contributed by atoms with Gasteiger partial charge in [-0.15, -0.1) is 16.9 Å². The van der Waals surface area contributed by atoms with Crippen LogP contribution in [0.1, 0.15) is 6.42 Å². The van der Waals surface area contributed by atoms with Crippen LogP contribution in [0.4, 0.5) is 0 Å². The van der Waals surface area contributed by atoms with Crippen LogP contribution in [0.15, 0.2) is 16.9 Å². The molecule has 1 fully saturated rings. The second kappa shape index (κ2) is 5.00. The molecule has 18 heavy (non-hydrogen) atoms. The smallest absolute Gasteiger partial charge is 0.543 e. The fourth-order valence-electron chi connectivity index (χ4n) is 1.83. The van der Waals surface area contributed by atoms with Crippen molar-refractivity contribution < 1.29 is 44.3 Å². The largest absolute Gasteiger partial charge is 1.00 e. The maximum atomic E-state index is 11.3. The van der Waals surface area contributed by atoms with E-state index in [1.807, 2.05) is 0 Å². The summed E-state index contributed by atoms with van der Waals surface area (Å²) in [5.74, 6) is -1.52. The summed E-state index contributed by atoms with van der Waals surface area (Å²) in [6.45, 7) is 0.237. The number of allylic oxidation sites excluding steroid dienone is 1. The minimum absolute atomic E-state index is 0. The van der Waals surface area contributed by atoms with Crippen LogP contribution in [0.5, 0.6) is 0 Å². The average molecular weight is 275 g/mol. The van der Waals surface area contributed by atoms with Crippen molar-refractivity contribution in [3.05, 3.63) is 16.9 Å². The average Bonchev–Trinajstić information content (AvgIpc) is 2.84. The zero-order valence-electron chi connectivity index (χ0n) is 9.44. The van der Waals surface area contributed by atoms with E-state index in [1.165, 1.54) is 27.7 Å². The SMILES string of the molecule is O=C([O-])C1=C(Cn2cnnn2)S[C@@H]2CC(=O)N12.[Na+]. The molecule has 1 atom stereocenters. The number of tetrazole rings is 1. The van der Waals surface area contributed by atoms with Crippen molar-refractivity contribution in [3.63, 3.8) is 0 Å². The third kappa shape index (κ3) is 2.07. The molecule has 8 nitrogen and oxygen atoms in total. The van der Waals surface area contributed by atoms with Gasteiger partial charge in [0.2, 0.25) is 5.91 Å². The molecule has 0 saturated carbocycles. The second-order valence-electron chi connectivity index (χ2n) is 3.61. The van der Waals surface area contributed by atoms with E-state index in [2.05, 4.69) is 15.5 Å². The number of carbonyl (C=O) groups excluding carboxylic acids is 2. The van der Waals surface area contributed by atoms with Crippen molar-refractivity contribution in [3.8, 4) is 0 Å². The predicted molar refractivity (Wildman–Crippen MR) is 52.7 cm³/mol. The van der Waals surface area contributed by atoms with Gasteiger partial charge in [0.15, 0.2) is 0 Å². The van der Waals surface area contributed by atoms with E-state index in [0.29, 0.717) is 11.3 Å². The van der Waals surface area contributed by atoms with Crippen LogP contribution in [0, 0.1) is 0 Å². The molecular formula is C8H6N5NaO3S. The number of fused-ring (bicyclic) bond motifs is 1. The van der Waals surface area contributed by atoms with E-state index < -0.39 is 5.97 Å². The Hall–Kier alpha value is -0.900. The second-order valence-corrected chi connectivity index (χ2v) is 4.88. The van der Waals surface area contributed by atoms with Crippen LogP contribution in [0.2, 0.25) is 0 Å².